The van der Waals surface area contributed by atoms with Crippen LogP contribution in [0.1, 0.15) is 55.4 Å². The molecule has 233 valence electrons. The molecule has 0 spiro atoms. The normalized spacial score (nSPS) is 44.3. The molecule has 0 saturated carbocycles. The summed E-state index contributed by atoms with van der Waals surface area (Å²) in [5.41, 5.74) is 0. The van der Waals surface area contributed by atoms with Gasteiger partial charge in [0, 0.05) is 0 Å². The molecule has 16 heteroatoms. The molecule has 2 N–H and O–H groups in total. The zero-order chi connectivity index (χ0) is 28.1. The van der Waals surface area contributed by atoms with Crippen molar-refractivity contribution in [2.75, 3.05) is 13.2 Å². The number of carboxylic acids is 2. The van der Waals surface area contributed by atoms with Gasteiger partial charge in [-0.3, -0.25) is 0 Å². The van der Waals surface area contributed by atoms with E-state index in [4.69, 9.17) is 47.4 Å². The minimum Gasteiger partial charge on any atom is -0.544 e. The van der Waals surface area contributed by atoms with Gasteiger partial charge in [0.2, 0.25) is 11.6 Å². The molecule has 8 atom stereocenters. The molecule has 0 bridgehead atoms. The SMILES string of the molecule is CC1(C)OC[C@@H]2O[C@@]3(C(=O)[O-])OC(C)(C)O[C@H]3[C@@H]2O1.CC1(C)OC[C@@H]2O[C@@]3(C(=O)[O-])OC(C)(C)O[C@H]3[C@@H]2O1.O.[Cu+2]. The van der Waals surface area contributed by atoms with Gasteiger partial charge < -0.3 is 72.6 Å². The molecule has 1 radical (unpaired) electrons. The van der Waals surface area contributed by atoms with Crippen molar-refractivity contribution >= 4 is 11.9 Å². The molecular formula is C24H36CuO15. The van der Waals surface area contributed by atoms with Crippen LogP contribution in [-0.4, -0.2) is 102 Å². The third-order valence-electron chi connectivity index (χ3n) is 6.95. The number of carbonyl (C=O) groups excluding carboxylic acids is 2. The summed E-state index contributed by atoms with van der Waals surface area (Å²) >= 11 is 0. The van der Waals surface area contributed by atoms with Gasteiger partial charge in [0.1, 0.15) is 48.6 Å². The second-order valence-electron chi connectivity index (χ2n) is 11.9. The van der Waals surface area contributed by atoms with Crippen LogP contribution in [0.3, 0.4) is 0 Å². The fourth-order valence-electron chi connectivity index (χ4n) is 5.62. The van der Waals surface area contributed by atoms with Gasteiger partial charge in [-0.25, -0.2) is 0 Å². The first kappa shape index (κ1) is 33.5. The first-order chi connectivity index (χ1) is 17.3. The van der Waals surface area contributed by atoms with Crippen LogP contribution < -0.4 is 10.2 Å². The Balaban J connectivity index is 0.000000210. The van der Waals surface area contributed by atoms with Crippen molar-refractivity contribution in [1.29, 1.82) is 0 Å². The van der Waals surface area contributed by atoms with Crippen molar-refractivity contribution < 1.29 is 89.7 Å². The topological polar surface area (TPSA) is 204 Å². The summed E-state index contributed by atoms with van der Waals surface area (Å²) in [4.78, 5) is 22.9. The summed E-state index contributed by atoms with van der Waals surface area (Å²) in [6, 6.07) is 0. The molecule has 0 amide bonds. The summed E-state index contributed by atoms with van der Waals surface area (Å²) < 4.78 is 55.6. The Kier molecular flexibility index (Phi) is 8.66. The predicted molar refractivity (Wildman–Crippen MR) is 119 cm³/mol. The Hall–Kier alpha value is -0.981. The zero-order valence-corrected chi connectivity index (χ0v) is 24.3. The second kappa shape index (κ2) is 10.3. The van der Waals surface area contributed by atoms with Crippen molar-refractivity contribution in [3.05, 3.63) is 0 Å². The van der Waals surface area contributed by atoms with E-state index in [2.05, 4.69) is 0 Å². The van der Waals surface area contributed by atoms with Gasteiger partial charge in [-0.2, -0.15) is 0 Å². The van der Waals surface area contributed by atoms with E-state index in [1.54, 1.807) is 55.4 Å². The number of carboxylic acid groups (broad SMARTS) is 2. The van der Waals surface area contributed by atoms with E-state index >= 15 is 0 Å². The summed E-state index contributed by atoms with van der Waals surface area (Å²) in [5.74, 6) is -10.5. The molecule has 15 nitrogen and oxygen atoms in total. The van der Waals surface area contributed by atoms with Crippen molar-refractivity contribution in [2.24, 2.45) is 0 Å². The van der Waals surface area contributed by atoms with Gasteiger partial charge in [0.15, 0.2) is 23.1 Å². The number of aliphatic carboxylic acids is 2. The molecule has 0 unspecified atom stereocenters. The van der Waals surface area contributed by atoms with Crippen LogP contribution in [-0.2, 0) is 74.0 Å². The molecule has 6 saturated heterocycles. The van der Waals surface area contributed by atoms with Crippen molar-refractivity contribution in [3.8, 4) is 0 Å². The van der Waals surface area contributed by atoms with Gasteiger partial charge in [-0.1, -0.05) is 0 Å². The molecule has 0 aliphatic carbocycles. The van der Waals surface area contributed by atoms with Gasteiger partial charge in [-0.05, 0) is 55.4 Å². The van der Waals surface area contributed by atoms with Crippen LogP contribution in [0.15, 0.2) is 0 Å². The molecule has 6 aliphatic rings. The maximum absolute atomic E-state index is 11.5. The Morgan fingerprint density at radius 3 is 1.20 bits per heavy atom. The van der Waals surface area contributed by atoms with Crippen LogP contribution in [0.2, 0.25) is 0 Å². The predicted octanol–water partition coefficient (Wildman–Crippen LogP) is -2.56. The minimum absolute atomic E-state index is 0. The number of rotatable bonds is 2. The Bertz CT molecular complexity index is 923. The molecule has 6 heterocycles. The molecular weight excluding hydrogens is 592 g/mol. The Labute approximate surface area is 241 Å². The molecule has 0 aromatic heterocycles. The quantitative estimate of drug-likeness (QED) is 0.289. The third kappa shape index (κ3) is 5.55. The number of hydrogen-bond acceptors (Lipinski definition) is 14. The van der Waals surface area contributed by atoms with Gasteiger partial charge in [0.05, 0.1) is 13.2 Å². The van der Waals surface area contributed by atoms with E-state index in [1.807, 2.05) is 0 Å². The van der Waals surface area contributed by atoms with Crippen LogP contribution in [0, 0.1) is 0 Å². The average molecular weight is 628 g/mol. The molecule has 6 fully saturated rings. The van der Waals surface area contributed by atoms with Crippen molar-refractivity contribution in [3.63, 3.8) is 0 Å². The molecule has 6 aliphatic heterocycles. The Morgan fingerprint density at radius 2 is 0.900 bits per heavy atom. The number of hydrogen-bond donors (Lipinski definition) is 0. The fraction of sp³-hybridized carbons (Fsp3) is 0.917. The van der Waals surface area contributed by atoms with Crippen molar-refractivity contribution in [2.45, 2.75) is 127 Å². The molecule has 40 heavy (non-hydrogen) atoms. The molecule has 0 aromatic rings. The van der Waals surface area contributed by atoms with Gasteiger partial charge in [-0.15, -0.1) is 0 Å². The van der Waals surface area contributed by atoms with Gasteiger partial charge in [0.25, 0.3) is 0 Å². The summed E-state index contributed by atoms with van der Waals surface area (Å²) in [7, 11) is 0. The van der Waals surface area contributed by atoms with Crippen LogP contribution >= 0.6 is 0 Å². The summed E-state index contributed by atoms with van der Waals surface area (Å²) in [6.07, 6.45) is -3.98. The third-order valence-corrected chi connectivity index (χ3v) is 6.95. The smallest absolute Gasteiger partial charge is 0.544 e. The van der Waals surface area contributed by atoms with Crippen LogP contribution in [0.25, 0.3) is 0 Å². The number of fused-ring (bicyclic) bond motifs is 6. The van der Waals surface area contributed by atoms with Gasteiger partial charge >= 0.3 is 17.1 Å². The maximum Gasteiger partial charge on any atom is 2.00 e. The van der Waals surface area contributed by atoms with Crippen molar-refractivity contribution in [1.82, 2.24) is 0 Å². The molecule has 0 aromatic carbocycles. The summed E-state index contributed by atoms with van der Waals surface area (Å²) in [5, 5.41) is 22.9. The largest absolute Gasteiger partial charge is 2.00 e. The standard InChI is InChI=1S/2C12H18O7.Cu.H2O/c2*1-10(2)15-5-6-7(17-10)8-12(16-6,9(13)14)19-11(3,4)18-8;;/h2*6-8H,5H2,1-4H3,(H,13,14);;1H2/q;;+2;/p-2/t2*6-,7+,8-,12+;;/m00../s1. The van der Waals surface area contributed by atoms with E-state index < -0.39 is 83.3 Å². The van der Waals surface area contributed by atoms with Crippen LogP contribution in [0.4, 0.5) is 0 Å². The summed E-state index contributed by atoms with van der Waals surface area (Å²) in [6.45, 7) is 13.9. The van der Waals surface area contributed by atoms with E-state index in [9.17, 15) is 19.8 Å². The fourth-order valence-corrected chi connectivity index (χ4v) is 5.62. The van der Waals surface area contributed by atoms with E-state index in [1.165, 1.54) is 0 Å². The first-order valence-corrected chi connectivity index (χ1v) is 12.5. The maximum atomic E-state index is 11.5. The van der Waals surface area contributed by atoms with E-state index in [0.29, 0.717) is 0 Å². The van der Waals surface area contributed by atoms with E-state index in [-0.39, 0.29) is 35.8 Å². The average Bonchev–Trinajstić information content (AvgIpc) is 3.39. The van der Waals surface area contributed by atoms with E-state index in [0.717, 1.165) is 0 Å². The molecule has 6 rings (SSSR count). The number of carbonyl (C=O) groups is 2. The monoisotopic (exact) mass is 627 g/mol. The number of ether oxygens (including phenoxy) is 10. The first-order valence-electron chi connectivity index (χ1n) is 12.5. The minimum atomic E-state index is -1.93. The second-order valence-corrected chi connectivity index (χ2v) is 11.9. The van der Waals surface area contributed by atoms with Crippen LogP contribution in [0.5, 0.6) is 0 Å². The zero-order valence-electron chi connectivity index (χ0n) is 23.4. The Morgan fingerprint density at radius 1 is 0.575 bits per heavy atom.